The van der Waals surface area contributed by atoms with Crippen LogP contribution >= 0.6 is 0 Å². The highest BCUT2D eigenvalue weighted by Crippen LogP contribution is 2.37. The van der Waals surface area contributed by atoms with Crippen molar-refractivity contribution < 1.29 is 15.1 Å². The smallest absolute Gasteiger partial charge is 0.335 e. The van der Waals surface area contributed by atoms with Gasteiger partial charge in [-0.3, -0.25) is 0 Å². The molecule has 3 rings (SSSR count). The van der Waals surface area contributed by atoms with Crippen molar-refractivity contribution in [3.8, 4) is 11.1 Å². The highest BCUT2D eigenvalue weighted by molar-refractivity contribution is 6.24. The van der Waals surface area contributed by atoms with Crippen LogP contribution in [0.4, 0.5) is 0 Å². The predicted molar refractivity (Wildman–Crippen MR) is 66.3 cm³/mol. The summed E-state index contributed by atoms with van der Waals surface area (Å²) in [7, 11) is 0. The largest absolute Gasteiger partial charge is 0.478 e. The summed E-state index contributed by atoms with van der Waals surface area (Å²) in [5.74, 6) is -0.994. The fourth-order valence-corrected chi connectivity index (χ4v) is 2.29. The molecule has 18 heavy (non-hydrogen) atoms. The van der Waals surface area contributed by atoms with E-state index in [-0.39, 0.29) is 5.56 Å². The quantitative estimate of drug-likeness (QED) is 0.506. The molecule has 0 radical (unpaired) electrons. The molecule has 0 heterocycles. The molecule has 2 aromatic carbocycles. The van der Waals surface area contributed by atoms with Gasteiger partial charge < -0.3 is 10.3 Å². The van der Waals surface area contributed by atoms with Crippen molar-refractivity contribution >= 4 is 11.7 Å². The lowest BCUT2D eigenvalue weighted by atomic mass is 10.0. The van der Waals surface area contributed by atoms with Crippen LogP contribution in [-0.2, 0) is 0 Å². The number of carbonyl (C=O) groups is 1. The number of aromatic carboxylic acids is 1. The van der Waals surface area contributed by atoms with E-state index in [9.17, 15) is 4.79 Å². The number of benzene rings is 2. The standard InChI is InChI=1S/C14H9NO3/c16-14(17)8-5-6-10-9-3-1-2-4-11(9)13(15-18)12(10)7-8/h1-7,18H,(H,16,17)/b15-13-. The number of fused-ring (bicyclic) bond motifs is 3. The van der Waals surface area contributed by atoms with E-state index in [0.29, 0.717) is 11.3 Å². The summed E-state index contributed by atoms with van der Waals surface area (Å²) in [4.78, 5) is 11.0. The highest BCUT2D eigenvalue weighted by Gasteiger charge is 2.25. The molecule has 1 aliphatic rings. The number of hydrogen-bond acceptors (Lipinski definition) is 3. The molecule has 0 unspecified atom stereocenters. The van der Waals surface area contributed by atoms with E-state index >= 15 is 0 Å². The first-order valence-corrected chi connectivity index (χ1v) is 5.42. The van der Waals surface area contributed by atoms with Crippen molar-refractivity contribution in [2.24, 2.45) is 5.16 Å². The second-order valence-electron chi connectivity index (χ2n) is 4.06. The molecule has 1 aliphatic carbocycles. The Balaban J connectivity index is 2.31. The Kier molecular flexibility index (Phi) is 2.16. The number of nitrogens with zero attached hydrogens (tertiary/aromatic N) is 1. The third-order valence-corrected chi connectivity index (χ3v) is 3.09. The molecular formula is C14H9NO3. The topological polar surface area (TPSA) is 69.9 Å². The molecule has 2 N–H and O–H groups in total. The van der Waals surface area contributed by atoms with E-state index in [1.807, 2.05) is 24.3 Å². The van der Waals surface area contributed by atoms with Gasteiger partial charge in [0.25, 0.3) is 0 Å². The maximum absolute atomic E-state index is 11.0. The van der Waals surface area contributed by atoms with Crippen molar-refractivity contribution in [2.45, 2.75) is 0 Å². The molecule has 4 heteroatoms. The SMILES string of the molecule is O=C(O)c1ccc2c(c1)/C(=N\O)c1ccccc1-2. The average molecular weight is 239 g/mol. The second kappa shape index (κ2) is 3.70. The molecule has 0 saturated carbocycles. The van der Waals surface area contributed by atoms with Gasteiger partial charge in [-0.25, -0.2) is 4.79 Å². The van der Waals surface area contributed by atoms with Gasteiger partial charge in [-0.1, -0.05) is 35.5 Å². The van der Waals surface area contributed by atoms with Crippen LogP contribution < -0.4 is 0 Å². The van der Waals surface area contributed by atoms with E-state index in [1.165, 1.54) is 6.07 Å². The third kappa shape index (κ3) is 1.32. The van der Waals surface area contributed by atoms with Crippen molar-refractivity contribution in [1.29, 1.82) is 0 Å². The summed E-state index contributed by atoms with van der Waals surface area (Å²) in [5.41, 5.74) is 3.92. The van der Waals surface area contributed by atoms with Gasteiger partial charge in [0.2, 0.25) is 0 Å². The number of hydrogen-bond donors (Lipinski definition) is 2. The van der Waals surface area contributed by atoms with Crippen LogP contribution in [0.25, 0.3) is 11.1 Å². The Morgan fingerprint density at radius 2 is 1.61 bits per heavy atom. The van der Waals surface area contributed by atoms with Gasteiger partial charge in [0.05, 0.1) is 5.56 Å². The molecule has 2 aromatic rings. The van der Waals surface area contributed by atoms with E-state index in [0.717, 1.165) is 16.7 Å². The first-order valence-electron chi connectivity index (χ1n) is 5.42. The predicted octanol–water partition coefficient (Wildman–Crippen LogP) is 2.59. The van der Waals surface area contributed by atoms with E-state index in [2.05, 4.69) is 5.16 Å². The lowest BCUT2D eigenvalue weighted by Crippen LogP contribution is -2.01. The van der Waals surface area contributed by atoms with Gasteiger partial charge in [0, 0.05) is 11.1 Å². The number of oxime groups is 1. The van der Waals surface area contributed by atoms with Crippen LogP contribution in [0.15, 0.2) is 47.6 Å². The summed E-state index contributed by atoms with van der Waals surface area (Å²) in [6, 6.07) is 12.4. The Bertz CT molecular complexity index is 689. The minimum atomic E-state index is -0.994. The van der Waals surface area contributed by atoms with Crippen LogP contribution in [0.3, 0.4) is 0 Å². The zero-order valence-electron chi connectivity index (χ0n) is 9.29. The molecule has 0 spiro atoms. The molecule has 0 saturated heterocycles. The lowest BCUT2D eigenvalue weighted by Gasteiger charge is -2.01. The normalized spacial score (nSPS) is 14.3. The highest BCUT2D eigenvalue weighted by atomic mass is 16.4. The fraction of sp³-hybridized carbons (Fsp3) is 0. The Morgan fingerprint density at radius 1 is 0.944 bits per heavy atom. The fourth-order valence-electron chi connectivity index (χ4n) is 2.29. The van der Waals surface area contributed by atoms with Crippen molar-refractivity contribution in [1.82, 2.24) is 0 Å². The van der Waals surface area contributed by atoms with E-state index in [1.54, 1.807) is 12.1 Å². The van der Waals surface area contributed by atoms with Gasteiger partial charge in [-0.05, 0) is 23.3 Å². The second-order valence-corrected chi connectivity index (χ2v) is 4.06. The van der Waals surface area contributed by atoms with Crippen LogP contribution in [0.1, 0.15) is 21.5 Å². The van der Waals surface area contributed by atoms with Crippen LogP contribution in [0.2, 0.25) is 0 Å². The minimum absolute atomic E-state index is 0.183. The van der Waals surface area contributed by atoms with Crippen LogP contribution in [-0.4, -0.2) is 22.0 Å². The van der Waals surface area contributed by atoms with E-state index in [4.69, 9.17) is 10.3 Å². The van der Waals surface area contributed by atoms with Crippen molar-refractivity contribution in [2.75, 3.05) is 0 Å². The summed E-state index contributed by atoms with van der Waals surface area (Å²) >= 11 is 0. The Labute approximate surface area is 103 Å². The Hall–Kier alpha value is -2.62. The van der Waals surface area contributed by atoms with Gasteiger partial charge in [0.1, 0.15) is 5.71 Å². The van der Waals surface area contributed by atoms with Crippen molar-refractivity contribution in [3.63, 3.8) is 0 Å². The first-order chi connectivity index (χ1) is 8.72. The molecule has 88 valence electrons. The maximum atomic E-state index is 11.0. The minimum Gasteiger partial charge on any atom is -0.478 e. The van der Waals surface area contributed by atoms with Gasteiger partial charge in [0.15, 0.2) is 0 Å². The summed E-state index contributed by atoms with van der Waals surface area (Å²) < 4.78 is 0. The summed E-state index contributed by atoms with van der Waals surface area (Å²) in [6.45, 7) is 0. The van der Waals surface area contributed by atoms with E-state index < -0.39 is 5.97 Å². The molecule has 0 atom stereocenters. The molecule has 4 nitrogen and oxygen atoms in total. The lowest BCUT2D eigenvalue weighted by molar-refractivity contribution is 0.0697. The molecule has 0 aromatic heterocycles. The Morgan fingerprint density at radius 3 is 2.28 bits per heavy atom. The van der Waals surface area contributed by atoms with Crippen LogP contribution in [0.5, 0.6) is 0 Å². The molecule has 0 aliphatic heterocycles. The third-order valence-electron chi connectivity index (χ3n) is 3.09. The van der Waals surface area contributed by atoms with Gasteiger partial charge in [-0.15, -0.1) is 0 Å². The summed E-state index contributed by atoms with van der Waals surface area (Å²) in [6.07, 6.45) is 0. The zero-order valence-corrected chi connectivity index (χ0v) is 9.29. The zero-order chi connectivity index (χ0) is 12.7. The first kappa shape index (κ1) is 10.5. The average Bonchev–Trinajstić information content (AvgIpc) is 2.71. The number of carboxylic acids is 1. The van der Waals surface area contributed by atoms with Gasteiger partial charge in [-0.2, -0.15) is 0 Å². The molecule has 0 bridgehead atoms. The number of carboxylic acid groups (broad SMARTS) is 1. The maximum Gasteiger partial charge on any atom is 0.335 e. The number of rotatable bonds is 1. The monoisotopic (exact) mass is 239 g/mol. The molecule has 0 amide bonds. The molecular weight excluding hydrogens is 230 g/mol. The summed E-state index contributed by atoms with van der Waals surface area (Å²) in [5, 5.41) is 21.4. The molecule has 0 fully saturated rings. The van der Waals surface area contributed by atoms with Crippen LogP contribution in [0, 0.1) is 0 Å². The van der Waals surface area contributed by atoms with Gasteiger partial charge >= 0.3 is 5.97 Å². The van der Waals surface area contributed by atoms with Crippen molar-refractivity contribution in [3.05, 3.63) is 59.2 Å².